The number of alkyl halides is 3. The zero-order chi connectivity index (χ0) is 21.5. The van der Waals surface area contributed by atoms with Crippen LogP contribution in [0.5, 0.6) is 5.75 Å². The molecule has 0 radical (unpaired) electrons. The third kappa shape index (κ3) is 3.74. The summed E-state index contributed by atoms with van der Waals surface area (Å²) in [5.41, 5.74) is -1.78. The van der Waals surface area contributed by atoms with Crippen LogP contribution in [0.2, 0.25) is 5.02 Å². The number of rotatable bonds is 5. The van der Waals surface area contributed by atoms with Crippen molar-refractivity contribution in [3.8, 4) is 5.75 Å². The predicted molar refractivity (Wildman–Crippen MR) is 109 cm³/mol. The van der Waals surface area contributed by atoms with Crippen molar-refractivity contribution < 1.29 is 22.7 Å². The van der Waals surface area contributed by atoms with E-state index < -0.39 is 17.7 Å². The first-order valence-electron chi connectivity index (χ1n) is 9.52. The van der Waals surface area contributed by atoms with Crippen molar-refractivity contribution in [2.24, 2.45) is 5.92 Å². The van der Waals surface area contributed by atoms with Crippen molar-refractivity contribution in [3.63, 3.8) is 0 Å². The van der Waals surface area contributed by atoms with Crippen LogP contribution in [0, 0.1) is 5.92 Å². The first-order chi connectivity index (χ1) is 14.2. The molecule has 2 aromatic carbocycles. The van der Waals surface area contributed by atoms with E-state index in [1.165, 1.54) is 29.2 Å². The Bertz CT molecular complexity index is 987. The minimum absolute atomic E-state index is 0.0903. The molecule has 2 amide bonds. The van der Waals surface area contributed by atoms with Crippen molar-refractivity contribution in [3.05, 3.63) is 70.8 Å². The lowest BCUT2D eigenvalue weighted by molar-refractivity contribution is -0.182. The lowest BCUT2D eigenvalue weighted by Crippen LogP contribution is -2.61. The molecule has 0 saturated heterocycles. The maximum absolute atomic E-state index is 14.3. The van der Waals surface area contributed by atoms with Gasteiger partial charge in [-0.2, -0.15) is 13.2 Å². The molecule has 2 aliphatic rings. The van der Waals surface area contributed by atoms with Crippen LogP contribution in [-0.4, -0.2) is 19.3 Å². The number of methoxy groups -OCH3 is 1. The Morgan fingerprint density at radius 2 is 1.93 bits per heavy atom. The second-order valence-electron chi connectivity index (χ2n) is 7.53. The molecule has 4 nitrogen and oxygen atoms in total. The van der Waals surface area contributed by atoms with E-state index in [0.29, 0.717) is 5.75 Å². The topological polar surface area (TPSA) is 41.6 Å². The van der Waals surface area contributed by atoms with Gasteiger partial charge in [0.15, 0.2) is 5.54 Å². The average Bonchev–Trinajstić information content (AvgIpc) is 3.53. The molecule has 1 saturated carbocycles. The van der Waals surface area contributed by atoms with Gasteiger partial charge in [0.25, 0.3) is 0 Å². The van der Waals surface area contributed by atoms with E-state index >= 15 is 0 Å². The van der Waals surface area contributed by atoms with Gasteiger partial charge in [0.1, 0.15) is 5.75 Å². The van der Waals surface area contributed by atoms with Crippen LogP contribution in [0.25, 0.3) is 0 Å². The van der Waals surface area contributed by atoms with Crippen molar-refractivity contribution in [2.45, 2.75) is 31.1 Å². The smallest absolute Gasteiger partial charge is 0.419 e. The van der Waals surface area contributed by atoms with Gasteiger partial charge in [0.2, 0.25) is 0 Å². The Morgan fingerprint density at radius 3 is 2.53 bits per heavy atom. The van der Waals surface area contributed by atoms with Crippen LogP contribution in [0.15, 0.2) is 54.6 Å². The molecule has 158 valence electrons. The molecule has 1 aliphatic heterocycles. The summed E-state index contributed by atoms with van der Waals surface area (Å²) in [4.78, 5) is 14.2. The van der Waals surface area contributed by atoms with E-state index in [9.17, 15) is 18.0 Å². The molecular weight excluding hydrogens is 417 g/mol. The van der Waals surface area contributed by atoms with E-state index in [4.69, 9.17) is 16.3 Å². The fourth-order valence-corrected chi connectivity index (χ4v) is 3.73. The molecule has 1 unspecified atom stereocenters. The molecule has 0 bridgehead atoms. The quantitative estimate of drug-likeness (QED) is 0.601. The van der Waals surface area contributed by atoms with Gasteiger partial charge in [-0.3, -0.25) is 4.90 Å². The number of ether oxygens (including phenoxy) is 1. The molecule has 1 heterocycles. The first-order valence-corrected chi connectivity index (χ1v) is 9.90. The van der Waals surface area contributed by atoms with Gasteiger partial charge in [0.05, 0.1) is 19.3 Å². The highest BCUT2D eigenvalue weighted by atomic mass is 35.5. The molecule has 1 N–H and O–H groups in total. The number of halogens is 4. The zero-order valence-electron chi connectivity index (χ0n) is 16.2. The number of urea groups is 1. The van der Waals surface area contributed by atoms with Crippen LogP contribution < -0.4 is 15.0 Å². The highest BCUT2D eigenvalue weighted by Crippen LogP contribution is 2.48. The number of allylic oxidation sites excluding steroid dienone is 1. The predicted octanol–water partition coefficient (Wildman–Crippen LogP) is 5.80. The zero-order valence-corrected chi connectivity index (χ0v) is 16.9. The number of nitrogens with zero attached hydrogens (tertiary/aromatic N) is 1. The summed E-state index contributed by atoms with van der Waals surface area (Å²) >= 11 is 6.07. The Morgan fingerprint density at radius 1 is 1.23 bits per heavy atom. The van der Waals surface area contributed by atoms with E-state index in [2.05, 4.69) is 5.32 Å². The lowest BCUT2D eigenvalue weighted by Gasteiger charge is -2.43. The average molecular weight is 437 g/mol. The highest BCUT2D eigenvalue weighted by Gasteiger charge is 2.59. The SMILES string of the molecule is COc1ccc(CN2C(=O)NC(/C=C/C3CC3)(C(F)(F)F)c3cc(Cl)ccc32)cc1. The monoisotopic (exact) mass is 436 g/mol. The first kappa shape index (κ1) is 20.6. The second kappa shape index (κ2) is 7.54. The van der Waals surface area contributed by atoms with Gasteiger partial charge >= 0.3 is 12.2 Å². The molecule has 4 rings (SSSR count). The number of fused-ring (bicyclic) bond motifs is 1. The summed E-state index contributed by atoms with van der Waals surface area (Å²) in [6.45, 7) is 0.102. The summed E-state index contributed by atoms with van der Waals surface area (Å²) in [5.74, 6) is 0.761. The molecule has 1 atom stereocenters. The van der Waals surface area contributed by atoms with Crippen molar-refractivity contribution in [1.82, 2.24) is 5.32 Å². The van der Waals surface area contributed by atoms with Gasteiger partial charge in [0, 0.05) is 10.6 Å². The molecule has 0 spiro atoms. The van der Waals surface area contributed by atoms with Gasteiger partial charge in [-0.05, 0) is 60.7 Å². The third-order valence-corrected chi connectivity index (χ3v) is 5.65. The maximum Gasteiger partial charge on any atom is 0.419 e. The molecular formula is C22H20ClF3N2O2. The third-order valence-electron chi connectivity index (χ3n) is 5.41. The number of hydrogen-bond donors (Lipinski definition) is 1. The number of nitrogens with one attached hydrogen (secondary N) is 1. The Hall–Kier alpha value is -2.67. The number of benzene rings is 2. The van der Waals surface area contributed by atoms with Crippen molar-refractivity contribution in [2.75, 3.05) is 12.0 Å². The van der Waals surface area contributed by atoms with Gasteiger partial charge < -0.3 is 10.1 Å². The van der Waals surface area contributed by atoms with Crippen LogP contribution in [-0.2, 0) is 12.1 Å². The summed E-state index contributed by atoms with van der Waals surface area (Å²) in [5, 5.41) is 2.39. The molecule has 1 fully saturated rings. The van der Waals surface area contributed by atoms with Gasteiger partial charge in [-0.15, -0.1) is 0 Å². The summed E-state index contributed by atoms with van der Waals surface area (Å²) < 4.78 is 48.2. The van der Waals surface area contributed by atoms with E-state index in [0.717, 1.165) is 24.5 Å². The summed E-state index contributed by atoms with van der Waals surface area (Å²) in [6, 6.07) is 10.4. The fraction of sp³-hybridized carbons (Fsp3) is 0.318. The largest absolute Gasteiger partial charge is 0.497 e. The van der Waals surface area contributed by atoms with Crippen LogP contribution >= 0.6 is 11.6 Å². The molecule has 2 aromatic rings. The van der Waals surface area contributed by atoms with Gasteiger partial charge in [-0.1, -0.05) is 29.8 Å². The highest BCUT2D eigenvalue weighted by molar-refractivity contribution is 6.30. The minimum atomic E-state index is -4.74. The Labute approximate surface area is 177 Å². The minimum Gasteiger partial charge on any atom is -0.497 e. The molecule has 0 aromatic heterocycles. The number of anilines is 1. The number of hydrogen-bond acceptors (Lipinski definition) is 2. The van der Waals surface area contributed by atoms with E-state index in [-0.39, 0.29) is 28.7 Å². The number of carbonyl (C=O) groups is 1. The number of carbonyl (C=O) groups excluding carboxylic acids is 1. The normalized spacial score (nSPS) is 21.5. The van der Waals surface area contributed by atoms with Crippen molar-refractivity contribution in [1.29, 1.82) is 0 Å². The Balaban J connectivity index is 1.79. The van der Waals surface area contributed by atoms with E-state index in [1.807, 2.05) is 0 Å². The second-order valence-corrected chi connectivity index (χ2v) is 7.96. The molecule has 30 heavy (non-hydrogen) atoms. The fourth-order valence-electron chi connectivity index (χ4n) is 3.56. The van der Waals surface area contributed by atoms with Crippen LogP contribution in [0.1, 0.15) is 24.0 Å². The molecule has 1 aliphatic carbocycles. The van der Waals surface area contributed by atoms with Crippen LogP contribution in [0.4, 0.5) is 23.7 Å². The maximum atomic E-state index is 14.3. The summed E-state index contributed by atoms with van der Waals surface area (Å²) in [7, 11) is 1.54. The molecule has 8 heteroatoms. The van der Waals surface area contributed by atoms with Crippen LogP contribution in [0.3, 0.4) is 0 Å². The lowest BCUT2D eigenvalue weighted by atomic mass is 9.84. The standard InChI is InChI=1S/C22H20ClF3N2O2/c1-30-17-7-4-15(5-8-17)13-28-19-9-6-16(23)12-18(19)21(22(24,25)26,27-20(28)29)11-10-14-2-3-14/h4-12,14H,2-3,13H2,1H3,(H,27,29)/b11-10+. The van der Waals surface area contributed by atoms with E-state index in [1.54, 1.807) is 31.4 Å². The number of amides is 2. The Kier molecular flexibility index (Phi) is 5.18. The van der Waals surface area contributed by atoms with Crippen molar-refractivity contribution >= 4 is 23.3 Å². The van der Waals surface area contributed by atoms with Gasteiger partial charge in [-0.25, -0.2) is 4.79 Å². The summed E-state index contributed by atoms with van der Waals surface area (Å²) in [6.07, 6.45) is -0.422.